The molecule has 2 N–H and O–H groups in total. The molecule has 0 unspecified atom stereocenters. The molecule has 0 amide bonds. The van der Waals surface area contributed by atoms with Crippen molar-refractivity contribution in [2.24, 2.45) is 0 Å². The summed E-state index contributed by atoms with van der Waals surface area (Å²) in [6, 6.07) is 8.30. The first kappa shape index (κ1) is 15.3. The van der Waals surface area contributed by atoms with Gasteiger partial charge in [0.05, 0.1) is 0 Å². The molecule has 1 aromatic heterocycles. The first-order valence-electron chi connectivity index (χ1n) is 7.59. The Morgan fingerprint density at radius 2 is 1.90 bits per heavy atom. The van der Waals surface area contributed by atoms with Gasteiger partial charge in [0.1, 0.15) is 5.82 Å². The van der Waals surface area contributed by atoms with Gasteiger partial charge in [0.15, 0.2) is 0 Å². The Balaban J connectivity index is 2.29. The molecule has 0 fully saturated rings. The summed E-state index contributed by atoms with van der Waals surface area (Å²) in [7, 11) is 0. The van der Waals surface area contributed by atoms with Gasteiger partial charge in [0, 0.05) is 24.0 Å². The predicted molar refractivity (Wildman–Crippen MR) is 89.4 cm³/mol. The Morgan fingerprint density at radius 1 is 1.10 bits per heavy atom. The van der Waals surface area contributed by atoms with E-state index in [-0.39, 0.29) is 0 Å². The highest BCUT2D eigenvalue weighted by Crippen LogP contribution is 2.24. The van der Waals surface area contributed by atoms with Gasteiger partial charge in [-0.2, -0.15) is 4.98 Å². The molecule has 0 saturated heterocycles. The zero-order valence-electron chi connectivity index (χ0n) is 13.3. The van der Waals surface area contributed by atoms with E-state index in [0.29, 0.717) is 5.95 Å². The molecule has 21 heavy (non-hydrogen) atoms. The monoisotopic (exact) mass is 284 g/mol. The SMILES string of the molecule is CCCNc1cc(C)nc(Nc2c(C)cccc2CC)n1. The number of anilines is 3. The van der Waals surface area contributed by atoms with Crippen molar-refractivity contribution in [1.82, 2.24) is 9.97 Å². The van der Waals surface area contributed by atoms with E-state index in [4.69, 9.17) is 0 Å². The summed E-state index contributed by atoms with van der Waals surface area (Å²) in [5, 5.41) is 6.70. The first-order chi connectivity index (χ1) is 10.1. The van der Waals surface area contributed by atoms with Crippen LogP contribution in [0.2, 0.25) is 0 Å². The average Bonchev–Trinajstić information content (AvgIpc) is 2.46. The van der Waals surface area contributed by atoms with Gasteiger partial charge in [-0.3, -0.25) is 0 Å². The predicted octanol–water partition coefficient (Wildman–Crippen LogP) is 4.22. The van der Waals surface area contributed by atoms with Crippen molar-refractivity contribution in [3.8, 4) is 0 Å². The average molecular weight is 284 g/mol. The number of hydrogen-bond donors (Lipinski definition) is 2. The molecule has 0 radical (unpaired) electrons. The Labute approximate surface area is 127 Å². The van der Waals surface area contributed by atoms with Crippen LogP contribution in [0.5, 0.6) is 0 Å². The molecule has 4 heteroatoms. The maximum atomic E-state index is 4.55. The van der Waals surface area contributed by atoms with Gasteiger partial charge in [0.2, 0.25) is 5.95 Å². The Kier molecular flexibility index (Phi) is 5.14. The van der Waals surface area contributed by atoms with Crippen molar-refractivity contribution in [2.45, 2.75) is 40.5 Å². The highest BCUT2D eigenvalue weighted by atomic mass is 15.1. The fourth-order valence-electron chi connectivity index (χ4n) is 2.28. The minimum atomic E-state index is 0.651. The minimum Gasteiger partial charge on any atom is -0.370 e. The van der Waals surface area contributed by atoms with Gasteiger partial charge < -0.3 is 10.6 Å². The molecule has 0 bridgehead atoms. The second-order valence-electron chi connectivity index (χ2n) is 5.23. The minimum absolute atomic E-state index is 0.651. The Hall–Kier alpha value is -2.10. The molecule has 0 aliphatic carbocycles. The second-order valence-corrected chi connectivity index (χ2v) is 5.23. The topological polar surface area (TPSA) is 49.8 Å². The van der Waals surface area contributed by atoms with Crippen molar-refractivity contribution < 1.29 is 0 Å². The van der Waals surface area contributed by atoms with Crippen LogP contribution >= 0.6 is 0 Å². The van der Waals surface area contributed by atoms with Gasteiger partial charge in [-0.1, -0.05) is 32.0 Å². The normalized spacial score (nSPS) is 10.5. The number of nitrogens with one attached hydrogen (secondary N) is 2. The maximum absolute atomic E-state index is 4.55. The molecule has 0 atom stereocenters. The largest absolute Gasteiger partial charge is 0.370 e. The van der Waals surface area contributed by atoms with Crippen molar-refractivity contribution in [1.29, 1.82) is 0 Å². The molecular formula is C17H24N4. The fourth-order valence-corrected chi connectivity index (χ4v) is 2.28. The van der Waals surface area contributed by atoms with Crippen LogP contribution < -0.4 is 10.6 Å². The van der Waals surface area contributed by atoms with E-state index < -0.39 is 0 Å². The van der Waals surface area contributed by atoms with Gasteiger partial charge in [0.25, 0.3) is 0 Å². The summed E-state index contributed by atoms with van der Waals surface area (Å²) in [4.78, 5) is 9.04. The van der Waals surface area contributed by atoms with Crippen molar-refractivity contribution in [3.05, 3.63) is 41.1 Å². The van der Waals surface area contributed by atoms with E-state index in [1.807, 2.05) is 13.0 Å². The lowest BCUT2D eigenvalue weighted by Crippen LogP contribution is -2.07. The summed E-state index contributed by atoms with van der Waals surface area (Å²) >= 11 is 0. The Bertz CT molecular complexity index is 608. The van der Waals surface area contributed by atoms with Crippen LogP contribution in [0, 0.1) is 13.8 Å². The van der Waals surface area contributed by atoms with Crippen LogP contribution in [0.4, 0.5) is 17.5 Å². The summed E-state index contributed by atoms with van der Waals surface area (Å²) < 4.78 is 0. The van der Waals surface area contributed by atoms with Crippen LogP contribution in [0.1, 0.15) is 37.1 Å². The summed E-state index contributed by atoms with van der Waals surface area (Å²) in [5.41, 5.74) is 4.57. The molecule has 1 heterocycles. The highest BCUT2D eigenvalue weighted by molar-refractivity contribution is 5.64. The standard InChI is InChI=1S/C17H24N4/c1-5-10-18-15-11-13(4)19-17(20-15)21-16-12(3)8-7-9-14(16)6-2/h7-9,11H,5-6,10H2,1-4H3,(H2,18,19,20,21). The van der Waals surface area contributed by atoms with Gasteiger partial charge in [-0.25, -0.2) is 4.98 Å². The lowest BCUT2D eigenvalue weighted by molar-refractivity contribution is 0.962. The second kappa shape index (κ2) is 7.07. The van der Waals surface area contributed by atoms with E-state index in [1.165, 1.54) is 11.1 Å². The first-order valence-corrected chi connectivity index (χ1v) is 7.59. The quantitative estimate of drug-likeness (QED) is 0.833. The fraction of sp³-hybridized carbons (Fsp3) is 0.412. The van der Waals surface area contributed by atoms with Crippen molar-refractivity contribution >= 4 is 17.5 Å². The number of para-hydroxylation sites is 1. The van der Waals surface area contributed by atoms with Crippen LogP contribution in [-0.2, 0) is 6.42 Å². The molecular weight excluding hydrogens is 260 g/mol. The molecule has 4 nitrogen and oxygen atoms in total. The van der Waals surface area contributed by atoms with E-state index >= 15 is 0 Å². The molecule has 1 aromatic carbocycles. The third-order valence-corrected chi connectivity index (χ3v) is 3.39. The third kappa shape index (κ3) is 3.94. The van der Waals surface area contributed by atoms with Crippen molar-refractivity contribution in [3.63, 3.8) is 0 Å². The third-order valence-electron chi connectivity index (χ3n) is 3.39. The van der Waals surface area contributed by atoms with Gasteiger partial charge in [-0.15, -0.1) is 0 Å². The molecule has 2 aromatic rings. The van der Waals surface area contributed by atoms with E-state index in [2.05, 4.69) is 59.6 Å². The number of aromatic nitrogens is 2. The van der Waals surface area contributed by atoms with Crippen LogP contribution in [0.15, 0.2) is 24.3 Å². The number of rotatable bonds is 6. The maximum Gasteiger partial charge on any atom is 0.229 e. The van der Waals surface area contributed by atoms with Gasteiger partial charge in [-0.05, 0) is 37.8 Å². The van der Waals surface area contributed by atoms with E-state index in [1.54, 1.807) is 0 Å². The van der Waals surface area contributed by atoms with Gasteiger partial charge >= 0.3 is 0 Å². The van der Waals surface area contributed by atoms with Crippen LogP contribution in [0.3, 0.4) is 0 Å². The number of hydrogen-bond acceptors (Lipinski definition) is 4. The molecule has 0 spiro atoms. The zero-order valence-corrected chi connectivity index (χ0v) is 13.3. The van der Waals surface area contributed by atoms with Crippen molar-refractivity contribution in [2.75, 3.05) is 17.2 Å². The molecule has 0 saturated carbocycles. The van der Waals surface area contributed by atoms with Crippen LogP contribution in [0.25, 0.3) is 0 Å². The molecule has 112 valence electrons. The number of benzene rings is 1. The molecule has 0 aliphatic rings. The lowest BCUT2D eigenvalue weighted by Gasteiger charge is -2.14. The smallest absolute Gasteiger partial charge is 0.229 e. The number of aryl methyl sites for hydroxylation is 3. The highest BCUT2D eigenvalue weighted by Gasteiger charge is 2.07. The molecule has 0 aliphatic heterocycles. The lowest BCUT2D eigenvalue weighted by atomic mass is 10.1. The zero-order chi connectivity index (χ0) is 15.2. The Morgan fingerprint density at radius 3 is 2.62 bits per heavy atom. The van der Waals surface area contributed by atoms with E-state index in [0.717, 1.165) is 36.6 Å². The molecule has 2 rings (SSSR count). The van der Waals surface area contributed by atoms with E-state index in [9.17, 15) is 0 Å². The summed E-state index contributed by atoms with van der Waals surface area (Å²) in [6.07, 6.45) is 2.06. The number of nitrogens with zero attached hydrogens (tertiary/aromatic N) is 2. The van der Waals surface area contributed by atoms with Crippen LogP contribution in [-0.4, -0.2) is 16.5 Å². The summed E-state index contributed by atoms with van der Waals surface area (Å²) in [5.74, 6) is 1.52. The summed E-state index contributed by atoms with van der Waals surface area (Å²) in [6.45, 7) is 9.31.